The summed E-state index contributed by atoms with van der Waals surface area (Å²) in [5.41, 5.74) is 0.804. The Bertz CT molecular complexity index is 520. The highest BCUT2D eigenvalue weighted by atomic mass is 16.5. The van der Waals surface area contributed by atoms with Crippen molar-refractivity contribution in [1.29, 1.82) is 0 Å². The second kappa shape index (κ2) is 3.94. The molecular formula is C10H13N5O2. The van der Waals surface area contributed by atoms with E-state index in [0.29, 0.717) is 24.7 Å². The van der Waals surface area contributed by atoms with E-state index in [-0.39, 0.29) is 12.1 Å². The molecule has 0 spiro atoms. The lowest BCUT2D eigenvalue weighted by molar-refractivity contribution is 0.191. The first-order valence-electron chi connectivity index (χ1n) is 5.46. The first-order chi connectivity index (χ1) is 8.24. The van der Waals surface area contributed by atoms with Crippen LogP contribution in [-0.4, -0.2) is 37.4 Å². The minimum atomic E-state index is -0.341. The number of β-amino-alcohol motifs (C(OH)–C–C–N with tert-alkyl or cyclic N) is 1. The van der Waals surface area contributed by atoms with Crippen molar-refractivity contribution in [3.05, 3.63) is 18.4 Å². The molecule has 7 nitrogen and oxygen atoms in total. The summed E-state index contributed by atoms with van der Waals surface area (Å²) in [6.07, 6.45) is 3.63. The van der Waals surface area contributed by atoms with E-state index in [4.69, 9.17) is 4.52 Å². The summed E-state index contributed by atoms with van der Waals surface area (Å²) >= 11 is 0. The van der Waals surface area contributed by atoms with E-state index in [0.717, 1.165) is 5.69 Å². The molecule has 17 heavy (non-hydrogen) atoms. The molecule has 0 bridgehead atoms. The summed E-state index contributed by atoms with van der Waals surface area (Å²) in [6, 6.07) is -0.0560. The number of aromatic nitrogens is 4. The fraction of sp³-hybridized carbons (Fsp3) is 0.500. The van der Waals surface area contributed by atoms with Gasteiger partial charge in [-0.05, 0) is 6.42 Å². The summed E-state index contributed by atoms with van der Waals surface area (Å²) in [7, 11) is 1.87. The molecule has 90 valence electrons. The van der Waals surface area contributed by atoms with Crippen molar-refractivity contribution in [2.45, 2.75) is 18.6 Å². The molecule has 2 aromatic rings. The number of hydrogen-bond donors (Lipinski definition) is 2. The maximum Gasteiger partial charge on any atom is 0.244 e. The lowest BCUT2D eigenvalue weighted by Crippen LogP contribution is -2.15. The molecule has 1 aliphatic heterocycles. The molecule has 0 saturated carbocycles. The van der Waals surface area contributed by atoms with Crippen molar-refractivity contribution in [2.24, 2.45) is 7.05 Å². The van der Waals surface area contributed by atoms with E-state index in [1.165, 1.54) is 0 Å². The number of nitrogens with zero attached hydrogens (tertiary/aromatic N) is 4. The van der Waals surface area contributed by atoms with E-state index in [9.17, 15) is 5.11 Å². The molecule has 0 radical (unpaired) electrons. The minimum Gasteiger partial charge on any atom is -0.392 e. The monoisotopic (exact) mass is 235 g/mol. The van der Waals surface area contributed by atoms with E-state index in [2.05, 4.69) is 20.4 Å². The van der Waals surface area contributed by atoms with Gasteiger partial charge in [0, 0.05) is 13.6 Å². The van der Waals surface area contributed by atoms with Crippen LogP contribution in [0.2, 0.25) is 0 Å². The molecule has 7 heteroatoms. The summed E-state index contributed by atoms with van der Waals surface area (Å²) in [5, 5.41) is 16.5. The Balaban J connectivity index is 1.86. The van der Waals surface area contributed by atoms with Gasteiger partial charge in [0.25, 0.3) is 0 Å². The van der Waals surface area contributed by atoms with Gasteiger partial charge >= 0.3 is 0 Å². The molecule has 0 amide bonds. The molecule has 0 aromatic carbocycles. The first-order valence-corrected chi connectivity index (χ1v) is 5.46. The number of imidazole rings is 1. The Morgan fingerprint density at radius 2 is 2.47 bits per heavy atom. The third kappa shape index (κ3) is 1.83. The van der Waals surface area contributed by atoms with Gasteiger partial charge in [0.2, 0.25) is 11.7 Å². The Kier molecular flexibility index (Phi) is 2.41. The van der Waals surface area contributed by atoms with Crippen molar-refractivity contribution in [3.8, 4) is 11.5 Å². The average molecular weight is 235 g/mol. The third-order valence-electron chi connectivity index (χ3n) is 2.89. The second-order valence-corrected chi connectivity index (χ2v) is 4.20. The van der Waals surface area contributed by atoms with Crippen LogP contribution in [0.1, 0.15) is 18.4 Å². The number of nitrogens with one attached hydrogen (secondary N) is 1. The lowest BCUT2D eigenvalue weighted by atomic mass is 10.2. The van der Waals surface area contributed by atoms with Crippen LogP contribution < -0.4 is 5.32 Å². The van der Waals surface area contributed by atoms with Crippen LogP contribution in [0, 0.1) is 0 Å². The normalized spacial score (nSPS) is 24.4. The highest BCUT2D eigenvalue weighted by molar-refractivity contribution is 5.47. The number of aliphatic hydroxyl groups excluding tert-OH is 1. The highest BCUT2D eigenvalue weighted by Crippen LogP contribution is 2.24. The van der Waals surface area contributed by atoms with E-state index < -0.39 is 0 Å². The van der Waals surface area contributed by atoms with Crippen LogP contribution in [0.25, 0.3) is 11.5 Å². The zero-order valence-corrected chi connectivity index (χ0v) is 9.37. The molecule has 2 atom stereocenters. The molecule has 3 heterocycles. The fourth-order valence-electron chi connectivity index (χ4n) is 1.96. The SMILES string of the molecule is Cn1cncc1-c1noc([C@@H]2CC(O)CN2)n1. The van der Waals surface area contributed by atoms with Gasteiger partial charge in [-0.3, -0.25) is 0 Å². The molecule has 1 unspecified atom stereocenters. The van der Waals surface area contributed by atoms with Gasteiger partial charge in [-0.1, -0.05) is 5.16 Å². The zero-order valence-electron chi connectivity index (χ0n) is 9.37. The summed E-state index contributed by atoms with van der Waals surface area (Å²) < 4.78 is 7.02. The van der Waals surface area contributed by atoms with E-state index in [1.54, 1.807) is 12.5 Å². The maximum absolute atomic E-state index is 9.43. The number of hydrogen-bond acceptors (Lipinski definition) is 6. The molecule has 3 rings (SSSR count). The van der Waals surface area contributed by atoms with Gasteiger partial charge < -0.3 is 19.5 Å². The topological polar surface area (TPSA) is 89.0 Å². The van der Waals surface area contributed by atoms with Crippen LogP contribution in [0.5, 0.6) is 0 Å². The summed E-state index contributed by atoms with van der Waals surface area (Å²) in [4.78, 5) is 8.32. The highest BCUT2D eigenvalue weighted by Gasteiger charge is 2.28. The molecule has 1 aliphatic rings. The Morgan fingerprint density at radius 3 is 3.12 bits per heavy atom. The van der Waals surface area contributed by atoms with Crippen molar-refractivity contribution in [1.82, 2.24) is 25.0 Å². The second-order valence-electron chi connectivity index (χ2n) is 4.20. The predicted molar refractivity (Wildman–Crippen MR) is 57.9 cm³/mol. The maximum atomic E-state index is 9.43. The number of rotatable bonds is 2. The van der Waals surface area contributed by atoms with E-state index >= 15 is 0 Å². The van der Waals surface area contributed by atoms with E-state index in [1.807, 2.05) is 11.6 Å². The van der Waals surface area contributed by atoms with Crippen molar-refractivity contribution >= 4 is 0 Å². The standard InChI is InChI=1S/C10H13N5O2/c1-15-5-11-4-8(15)9-13-10(17-14-9)7-2-6(16)3-12-7/h4-7,12,16H,2-3H2,1H3/t6?,7-/m0/s1. The number of aliphatic hydroxyl groups is 1. The molecule has 1 fully saturated rings. The van der Waals surface area contributed by atoms with Crippen molar-refractivity contribution in [2.75, 3.05) is 6.54 Å². The molecule has 2 aromatic heterocycles. The first kappa shape index (κ1) is 10.4. The third-order valence-corrected chi connectivity index (χ3v) is 2.89. The zero-order chi connectivity index (χ0) is 11.8. The Hall–Kier alpha value is -1.73. The van der Waals surface area contributed by atoms with Gasteiger partial charge in [-0.2, -0.15) is 4.98 Å². The van der Waals surface area contributed by atoms with Gasteiger partial charge in [0.1, 0.15) is 5.69 Å². The van der Waals surface area contributed by atoms with Crippen molar-refractivity contribution in [3.63, 3.8) is 0 Å². The largest absolute Gasteiger partial charge is 0.392 e. The van der Waals surface area contributed by atoms with Crippen LogP contribution in [-0.2, 0) is 7.05 Å². The fourth-order valence-corrected chi connectivity index (χ4v) is 1.96. The van der Waals surface area contributed by atoms with Crippen molar-refractivity contribution < 1.29 is 9.63 Å². The van der Waals surface area contributed by atoms with Gasteiger partial charge in [0.15, 0.2) is 0 Å². The smallest absolute Gasteiger partial charge is 0.244 e. The molecule has 0 aliphatic carbocycles. The quantitative estimate of drug-likeness (QED) is 0.753. The van der Waals surface area contributed by atoms with Gasteiger partial charge in [-0.25, -0.2) is 4.98 Å². The Morgan fingerprint density at radius 1 is 1.59 bits per heavy atom. The molecular weight excluding hydrogens is 222 g/mol. The average Bonchev–Trinajstić information content (AvgIpc) is 2.97. The van der Waals surface area contributed by atoms with Gasteiger partial charge in [0.05, 0.1) is 24.7 Å². The predicted octanol–water partition coefficient (Wildman–Crippen LogP) is -0.135. The van der Waals surface area contributed by atoms with Gasteiger partial charge in [-0.15, -0.1) is 0 Å². The van der Waals surface area contributed by atoms with Crippen LogP contribution >= 0.6 is 0 Å². The van der Waals surface area contributed by atoms with Crippen LogP contribution in [0.15, 0.2) is 17.0 Å². The van der Waals surface area contributed by atoms with Crippen LogP contribution in [0.3, 0.4) is 0 Å². The summed E-state index contributed by atoms with van der Waals surface area (Å²) in [5.74, 6) is 1.03. The van der Waals surface area contributed by atoms with Crippen LogP contribution in [0.4, 0.5) is 0 Å². The summed E-state index contributed by atoms with van der Waals surface area (Å²) in [6.45, 7) is 0.564. The minimum absolute atomic E-state index is 0.0560. The molecule has 1 saturated heterocycles. The molecule has 2 N–H and O–H groups in total. The lowest BCUT2D eigenvalue weighted by Gasteiger charge is -2.01. The Labute approximate surface area is 97.5 Å². The number of aryl methyl sites for hydroxylation is 1.